The number of unbranched alkanes of at least 4 members (excludes halogenated alkanes) is 13. The second-order valence-corrected chi connectivity index (χ2v) is 6.64. The number of hydrogen-bond acceptors (Lipinski definition) is 2. The van der Waals surface area contributed by atoms with Gasteiger partial charge in [-0.2, -0.15) is 0 Å². The van der Waals surface area contributed by atoms with Crippen molar-refractivity contribution in [2.75, 3.05) is 13.7 Å². The molecule has 0 rings (SSSR count). The minimum Gasteiger partial charge on any atom is -0.384 e. The molecule has 0 aromatic rings. The number of ketones is 1. The van der Waals surface area contributed by atoms with Gasteiger partial charge in [-0.15, -0.1) is 0 Å². The summed E-state index contributed by atoms with van der Waals surface area (Å²) in [5, 5.41) is 0. The Kier molecular flexibility index (Phi) is 18.9. The lowest BCUT2D eigenvalue weighted by Gasteiger charge is -2.02. The molecule has 0 N–H and O–H groups in total. The van der Waals surface area contributed by atoms with Crippen LogP contribution in [-0.4, -0.2) is 19.5 Å². The van der Waals surface area contributed by atoms with Crippen LogP contribution in [0.15, 0.2) is 12.2 Å². The monoisotopic (exact) mass is 324 g/mol. The third-order valence-electron chi connectivity index (χ3n) is 4.33. The second kappa shape index (κ2) is 19.4. The Morgan fingerprint density at radius 2 is 1.26 bits per heavy atom. The quantitative estimate of drug-likeness (QED) is 0.209. The summed E-state index contributed by atoms with van der Waals surface area (Å²) < 4.78 is 4.89. The van der Waals surface area contributed by atoms with Gasteiger partial charge in [0.1, 0.15) is 0 Å². The van der Waals surface area contributed by atoms with E-state index in [0.29, 0.717) is 13.0 Å². The van der Waals surface area contributed by atoms with Gasteiger partial charge in [-0.1, -0.05) is 90.0 Å². The van der Waals surface area contributed by atoms with Gasteiger partial charge in [-0.05, 0) is 18.9 Å². The number of carbonyl (C=O) groups is 1. The average Bonchev–Trinajstić information content (AvgIpc) is 2.56. The van der Waals surface area contributed by atoms with Gasteiger partial charge in [0.15, 0.2) is 5.78 Å². The van der Waals surface area contributed by atoms with Crippen LogP contribution in [0.25, 0.3) is 0 Å². The molecule has 0 amide bonds. The van der Waals surface area contributed by atoms with E-state index in [-0.39, 0.29) is 5.78 Å². The van der Waals surface area contributed by atoms with Crippen LogP contribution >= 0.6 is 0 Å². The lowest BCUT2D eigenvalue weighted by molar-refractivity contribution is -0.115. The van der Waals surface area contributed by atoms with Crippen LogP contribution in [0.5, 0.6) is 0 Å². The van der Waals surface area contributed by atoms with Gasteiger partial charge in [-0.3, -0.25) is 4.79 Å². The van der Waals surface area contributed by atoms with Gasteiger partial charge in [-0.25, -0.2) is 0 Å². The Balaban J connectivity index is 3.13. The molecule has 2 heteroatoms. The van der Waals surface area contributed by atoms with E-state index >= 15 is 0 Å². The molecule has 0 fully saturated rings. The lowest BCUT2D eigenvalue weighted by Crippen LogP contribution is -1.98. The van der Waals surface area contributed by atoms with Crippen LogP contribution in [0.2, 0.25) is 0 Å². The number of rotatable bonds is 18. The Bertz CT molecular complexity index is 271. The second-order valence-electron chi connectivity index (χ2n) is 6.64. The predicted molar refractivity (Wildman–Crippen MR) is 101 cm³/mol. The summed E-state index contributed by atoms with van der Waals surface area (Å²) in [7, 11) is 1.63. The van der Waals surface area contributed by atoms with Crippen molar-refractivity contribution in [1.29, 1.82) is 0 Å². The highest BCUT2D eigenvalue weighted by Crippen LogP contribution is 2.13. The zero-order valence-electron chi connectivity index (χ0n) is 15.8. The van der Waals surface area contributed by atoms with Crippen LogP contribution in [0.1, 0.15) is 103 Å². The van der Waals surface area contributed by atoms with E-state index < -0.39 is 0 Å². The van der Waals surface area contributed by atoms with E-state index in [9.17, 15) is 4.79 Å². The maximum Gasteiger partial charge on any atom is 0.157 e. The minimum atomic E-state index is 0.182. The SMILES string of the molecule is CCCCCCCCCCCCCCC/C=C/C(=O)CCOC. The molecular weight excluding hydrogens is 284 g/mol. The van der Waals surface area contributed by atoms with Gasteiger partial charge in [0, 0.05) is 13.5 Å². The van der Waals surface area contributed by atoms with Gasteiger partial charge < -0.3 is 4.74 Å². The molecule has 0 heterocycles. The summed E-state index contributed by atoms with van der Waals surface area (Å²) in [6, 6.07) is 0. The molecular formula is C21H40O2. The molecule has 0 radical (unpaired) electrons. The summed E-state index contributed by atoms with van der Waals surface area (Å²) in [6.07, 6.45) is 23.3. The first-order chi connectivity index (χ1) is 11.3. The fraction of sp³-hybridized carbons (Fsp3) is 0.857. The molecule has 0 saturated heterocycles. The van der Waals surface area contributed by atoms with Crippen LogP contribution in [0.3, 0.4) is 0 Å². The zero-order chi connectivity index (χ0) is 17.0. The lowest BCUT2D eigenvalue weighted by atomic mass is 10.0. The fourth-order valence-corrected chi connectivity index (χ4v) is 2.78. The smallest absolute Gasteiger partial charge is 0.157 e. The topological polar surface area (TPSA) is 26.3 Å². The molecule has 0 unspecified atom stereocenters. The first-order valence-corrected chi connectivity index (χ1v) is 9.99. The first-order valence-electron chi connectivity index (χ1n) is 9.99. The molecule has 136 valence electrons. The van der Waals surface area contributed by atoms with Crippen molar-refractivity contribution in [3.8, 4) is 0 Å². The summed E-state index contributed by atoms with van der Waals surface area (Å²) >= 11 is 0. The molecule has 0 atom stereocenters. The van der Waals surface area contributed by atoms with E-state index in [4.69, 9.17) is 4.74 Å². The summed E-state index contributed by atoms with van der Waals surface area (Å²) in [6.45, 7) is 2.81. The number of hydrogen-bond donors (Lipinski definition) is 0. The van der Waals surface area contributed by atoms with E-state index in [2.05, 4.69) is 6.92 Å². The third-order valence-corrected chi connectivity index (χ3v) is 4.33. The molecule has 0 saturated carbocycles. The van der Waals surface area contributed by atoms with E-state index in [1.54, 1.807) is 13.2 Å². The fourth-order valence-electron chi connectivity index (χ4n) is 2.78. The van der Waals surface area contributed by atoms with Crippen molar-refractivity contribution in [3.05, 3.63) is 12.2 Å². The van der Waals surface area contributed by atoms with Crippen LogP contribution < -0.4 is 0 Å². The van der Waals surface area contributed by atoms with Crippen molar-refractivity contribution >= 4 is 5.78 Å². The summed E-state index contributed by atoms with van der Waals surface area (Å²) in [5.74, 6) is 0.182. The highest BCUT2D eigenvalue weighted by atomic mass is 16.5. The van der Waals surface area contributed by atoms with Crippen LogP contribution in [0, 0.1) is 0 Å². The Hall–Kier alpha value is -0.630. The Labute approximate surface area is 145 Å². The standard InChI is InChI=1S/C21H40O2/c1-3-4-5-6-7-8-9-10-11-12-13-14-15-16-17-18-21(22)19-20-23-2/h17-18H,3-16,19-20H2,1-2H3/b18-17+. The molecule has 2 nitrogen and oxygen atoms in total. The maximum absolute atomic E-state index is 11.4. The largest absolute Gasteiger partial charge is 0.384 e. The molecule has 0 aliphatic heterocycles. The predicted octanol–water partition coefficient (Wildman–Crippen LogP) is 6.63. The number of allylic oxidation sites excluding steroid dienone is 2. The van der Waals surface area contributed by atoms with Crippen molar-refractivity contribution < 1.29 is 9.53 Å². The maximum atomic E-state index is 11.4. The molecule has 0 aromatic carbocycles. The van der Waals surface area contributed by atoms with Crippen molar-refractivity contribution in [2.24, 2.45) is 0 Å². The molecule has 0 spiro atoms. The van der Waals surface area contributed by atoms with Crippen LogP contribution in [-0.2, 0) is 9.53 Å². The molecule has 0 bridgehead atoms. The number of methoxy groups -OCH3 is 1. The third kappa shape index (κ3) is 19.3. The van der Waals surface area contributed by atoms with Gasteiger partial charge in [0.25, 0.3) is 0 Å². The van der Waals surface area contributed by atoms with Crippen LogP contribution in [0.4, 0.5) is 0 Å². The molecule has 23 heavy (non-hydrogen) atoms. The Morgan fingerprint density at radius 3 is 1.74 bits per heavy atom. The Morgan fingerprint density at radius 1 is 0.783 bits per heavy atom. The highest BCUT2D eigenvalue weighted by molar-refractivity contribution is 5.89. The minimum absolute atomic E-state index is 0.182. The van der Waals surface area contributed by atoms with Gasteiger partial charge >= 0.3 is 0 Å². The molecule has 0 aliphatic rings. The van der Waals surface area contributed by atoms with Gasteiger partial charge in [0.2, 0.25) is 0 Å². The molecule has 0 aliphatic carbocycles. The summed E-state index contributed by atoms with van der Waals surface area (Å²) in [4.78, 5) is 11.4. The normalized spacial score (nSPS) is 11.4. The van der Waals surface area contributed by atoms with E-state index in [0.717, 1.165) is 6.42 Å². The van der Waals surface area contributed by atoms with Crippen molar-refractivity contribution in [1.82, 2.24) is 0 Å². The van der Waals surface area contributed by atoms with Gasteiger partial charge in [0.05, 0.1) is 6.61 Å². The highest BCUT2D eigenvalue weighted by Gasteiger charge is 1.95. The average molecular weight is 325 g/mol. The summed E-state index contributed by atoms with van der Waals surface area (Å²) in [5.41, 5.74) is 0. The molecule has 0 aromatic heterocycles. The van der Waals surface area contributed by atoms with E-state index in [1.807, 2.05) is 6.08 Å². The van der Waals surface area contributed by atoms with Crippen molar-refractivity contribution in [2.45, 2.75) is 103 Å². The number of carbonyl (C=O) groups excluding carboxylic acids is 1. The van der Waals surface area contributed by atoms with E-state index in [1.165, 1.54) is 83.5 Å². The number of ether oxygens (including phenoxy) is 1. The first kappa shape index (κ1) is 22.4. The van der Waals surface area contributed by atoms with Crippen molar-refractivity contribution in [3.63, 3.8) is 0 Å². The zero-order valence-corrected chi connectivity index (χ0v) is 15.8.